The third-order valence-electron chi connectivity index (χ3n) is 3.96. The molecule has 0 unspecified atom stereocenters. The zero-order valence-electron chi connectivity index (χ0n) is 13.1. The Bertz CT molecular complexity index is 621. The Kier molecular flexibility index (Phi) is 5.13. The van der Waals surface area contributed by atoms with Crippen molar-refractivity contribution in [3.8, 4) is 0 Å². The number of nitrogens with one attached hydrogen (secondary N) is 1. The lowest BCUT2D eigenvalue weighted by atomic mass is 10.2. The Hall–Kier alpha value is -2.50. The van der Waals surface area contributed by atoms with Crippen molar-refractivity contribution in [2.45, 2.75) is 32.2 Å². The molecule has 120 valence electrons. The van der Waals surface area contributed by atoms with Gasteiger partial charge in [-0.05, 0) is 25.0 Å². The second kappa shape index (κ2) is 7.67. The molecule has 1 saturated heterocycles. The summed E-state index contributed by atoms with van der Waals surface area (Å²) in [7, 11) is 0. The number of hydrogen-bond acceptors (Lipinski definition) is 5. The zero-order valence-corrected chi connectivity index (χ0v) is 13.1. The van der Waals surface area contributed by atoms with Gasteiger partial charge in [-0.2, -0.15) is 0 Å². The van der Waals surface area contributed by atoms with Gasteiger partial charge >= 0.3 is 0 Å². The summed E-state index contributed by atoms with van der Waals surface area (Å²) in [5.41, 5.74) is 1.15. The van der Waals surface area contributed by atoms with Crippen LogP contribution in [0.4, 0.5) is 5.82 Å². The Morgan fingerprint density at radius 2 is 1.87 bits per heavy atom. The van der Waals surface area contributed by atoms with Gasteiger partial charge < -0.3 is 10.2 Å². The highest BCUT2D eigenvalue weighted by Gasteiger charge is 2.13. The Morgan fingerprint density at radius 3 is 2.52 bits per heavy atom. The number of anilines is 1. The monoisotopic (exact) mass is 311 g/mol. The van der Waals surface area contributed by atoms with Gasteiger partial charge in [-0.15, -0.1) is 0 Å². The minimum atomic E-state index is -0.231. The summed E-state index contributed by atoms with van der Waals surface area (Å²) in [4.78, 5) is 27.2. The molecule has 23 heavy (non-hydrogen) atoms. The maximum absolute atomic E-state index is 12.1. The maximum Gasteiger partial charge on any atom is 0.271 e. The molecule has 6 nitrogen and oxygen atoms in total. The van der Waals surface area contributed by atoms with Crippen LogP contribution < -0.4 is 10.2 Å². The first-order chi connectivity index (χ1) is 11.3. The topological polar surface area (TPSA) is 71.0 Å². The van der Waals surface area contributed by atoms with Crippen molar-refractivity contribution in [3.05, 3.63) is 48.2 Å². The zero-order chi connectivity index (χ0) is 15.9. The SMILES string of the molecule is O=C(NCc1ccccn1)c1cnc(N2CCCCCC2)cn1. The van der Waals surface area contributed by atoms with E-state index in [1.165, 1.54) is 25.7 Å². The lowest BCUT2D eigenvalue weighted by Crippen LogP contribution is -2.27. The molecule has 0 aromatic carbocycles. The normalized spacial score (nSPS) is 15.0. The molecule has 0 atom stereocenters. The average molecular weight is 311 g/mol. The predicted octanol–water partition coefficient (Wildman–Crippen LogP) is 2.18. The van der Waals surface area contributed by atoms with Crippen molar-refractivity contribution in [3.63, 3.8) is 0 Å². The summed E-state index contributed by atoms with van der Waals surface area (Å²) in [5.74, 6) is 0.624. The Balaban J connectivity index is 1.58. The van der Waals surface area contributed by atoms with E-state index in [1.807, 2.05) is 18.2 Å². The number of carbonyl (C=O) groups excluding carboxylic acids is 1. The van der Waals surface area contributed by atoms with E-state index in [1.54, 1.807) is 18.6 Å². The highest BCUT2D eigenvalue weighted by atomic mass is 16.1. The number of aromatic nitrogens is 3. The second-order valence-corrected chi connectivity index (χ2v) is 5.66. The summed E-state index contributed by atoms with van der Waals surface area (Å²) in [6.45, 7) is 2.41. The van der Waals surface area contributed by atoms with Gasteiger partial charge in [-0.3, -0.25) is 9.78 Å². The minimum Gasteiger partial charge on any atom is -0.355 e. The van der Waals surface area contributed by atoms with Crippen molar-refractivity contribution < 1.29 is 4.79 Å². The summed E-state index contributed by atoms with van der Waals surface area (Å²) in [5, 5.41) is 2.81. The molecule has 1 N–H and O–H groups in total. The number of hydrogen-bond donors (Lipinski definition) is 1. The smallest absolute Gasteiger partial charge is 0.271 e. The minimum absolute atomic E-state index is 0.231. The van der Waals surface area contributed by atoms with E-state index in [0.29, 0.717) is 12.2 Å². The Morgan fingerprint density at radius 1 is 1.04 bits per heavy atom. The molecule has 0 spiro atoms. The molecule has 0 radical (unpaired) electrons. The van der Waals surface area contributed by atoms with Gasteiger partial charge in [0.2, 0.25) is 0 Å². The van der Waals surface area contributed by atoms with E-state index in [9.17, 15) is 4.79 Å². The highest BCUT2D eigenvalue weighted by molar-refractivity contribution is 5.91. The summed E-state index contributed by atoms with van der Waals surface area (Å²) >= 11 is 0. The fourth-order valence-corrected chi connectivity index (χ4v) is 2.67. The number of pyridine rings is 1. The molecule has 3 heterocycles. The third kappa shape index (κ3) is 4.25. The van der Waals surface area contributed by atoms with Gasteiger partial charge in [-0.1, -0.05) is 18.9 Å². The molecular formula is C17H21N5O. The van der Waals surface area contributed by atoms with E-state index in [2.05, 4.69) is 25.2 Å². The molecule has 0 bridgehead atoms. The van der Waals surface area contributed by atoms with Crippen LogP contribution >= 0.6 is 0 Å². The van der Waals surface area contributed by atoms with E-state index >= 15 is 0 Å². The van der Waals surface area contributed by atoms with Crippen molar-refractivity contribution in [2.75, 3.05) is 18.0 Å². The van der Waals surface area contributed by atoms with E-state index in [0.717, 1.165) is 24.6 Å². The quantitative estimate of drug-likeness (QED) is 0.937. The summed E-state index contributed by atoms with van der Waals surface area (Å²) < 4.78 is 0. The van der Waals surface area contributed by atoms with Crippen LogP contribution in [-0.2, 0) is 6.54 Å². The molecule has 1 fully saturated rings. The third-order valence-corrected chi connectivity index (χ3v) is 3.96. The van der Waals surface area contributed by atoms with Crippen LogP contribution in [0.3, 0.4) is 0 Å². The van der Waals surface area contributed by atoms with Crippen LogP contribution in [0.2, 0.25) is 0 Å². The molecular weight excluding hydrogens is 290 g/mol. The molecule has 2 aromatic heterocycles. The van der Waals surface area contributed by atoms with Gasteiger partial charge in [0.1, 0.15) is 11.5 Å². The van der Waals surface area contributed by atoms with Crippen LogP contribution in [0.1, 0.15) is 41.9 Å². The first-order valence-electron chi connectivity index (χ1n) is 8.08. The molecule has 1 aliphatic rings. The highest BCUT2D eigenvalue weighted by Crippen LogP contribution is 2.16. The van der Waals surface area contributed by atoms with Crippen LogP contribution in [0.5, 0.6) is 0 Å². The number of nitrogens with zero attached hydrogens (tertiary/aromatic N) is 4. The number of amides is 1. The van der Waals surface area contributed by atoms with Crippen molar-refractivity contribution in [1.82, 2.24) is 20.3 Å². The van der Waals surface area contributed by atoms with Gasteiger partial charge in [0, 0.05) is 19.3 Å². The molecule has 0 aliphatic carbocycles. The lowest BCUT2D eigenvalue weighted by molar-refractivity contribution is 0.0945. The van der Waals surface area contributed by atoms with E-state index < -0.39 is 0 Å². The van der Waals surface area contributed by atoms with Gasteiger partial charge in [0.05, 0.1) is 24.6 Å². The predicted molar refractivity (Wildman–Crippen MR) is 88.1 cm³/mol. The van der Waals surface area contributed by atoms with Crippen molar-refractivity contribution in [1.29, 1.82) is 0 Å². The van der Waals surface area contributed by atoms with Crippen molar-refractivity contribution >= 4 is 11.7 Å². The van der Waals surface area contributed by atoms with E-state index in [-0.39, 0.29) is 5.91 Å². The van der Waals surface area contributed by atoms with Gasteiger partial charge in [0.25, 0.3) is 5.91 Å². The standard InChI is InChI=1S/C17H21N5O/c23-17(21-11-14-7-3-4-8-18-14)15-12-20-16(13-19-15)22-9-5-1-2-6-10-22/h3-4,7-8,12-13H,1-2,5-6,9-11H2,(H,21,23). The fourth-order valence-electron chi connectivity index (χ4n) is 2.67. The van der Waals surface area contributed by atoms with Crippen LogP contribution in [0.25, 0.3) is 0 Å². The number of carbonyl (C=O) groups is 1. The van der Waals surface area contributed by atoms with Crippen molar-refractivity contribution in [2.24, 2.45) is 0 Å². The lowest BCUT2D eigenvalue weighted by Gasteiger charge is -2.20. The second-order valence-electron chi connectivity index (χ2n) is 5.66. The van der Waals surface area contributed by atoms with E-state index in [4.69, 9.17) is 0 Å². The molecule has 6 heteroatoms. The Labute approximate surface area is 136 Å². The van der Waals surface area contributed by atoms with Crippen LogP contribution in [-0.4, -0.2) is 33.9 Å². The first kappa shape index (κ1) is 15.4. The average Bonchev–Trinajstić information content (AvgIpc) is 2.90. The first-order valence-corrected chi connectivity index (χ1v) is 8.08. The van der Waals surface area contributed by atoms with Crippen LogP contribution in [0.15, 0.2) is 36.8 Å². The largest absolute Gasteiger partial charge is 0.355 e. The van der Waals surface area contributed by atoms with Gasteiger partial charge in [0.15, 0.2) is 0 Å². The molecule has 3 rings (SSSR count). The molecule has 1 aliphatic heterocycles. The van der Waals surface area contributed by atoms with Gasteiger partial charge in [-0.25, -0.2) is 9.97 Å². The molecule has 1 amide bonds. The summed E-state index contributed by atoms with van der Waals surface area (Å²) in [6.07, 6.45) is 9.88. The number of rotatable bonds is 4. The molecule has 2 aromatic rings. The molecule has 0 saturated carbocycles. The van der Waals surface area contributed by atoms with Crippen LogP contribution in [0, 0.1) is 0 Å². The maximum atomic E-state index is 12.1. The summed E-state index contributed by atoms with van der Waals surface area (Å²) in [6, 6.07) is 5.61. The fraction of sp³-hybridized carbons (Fsp3) is 0.412.